The summed E-state index contributed by atoms with van der Waals surface area (Å²) in [7, 11) is 0. The van der Waals surface area contributed by atoms with Gasteiger partial charge in [-0.3, -0.25) is 9.59 Å². The molecule has 98 valence electrons. The summed E-state index contributed by atoms with van der Waals surface area (Å²) in [5.74, 6) is -0.281. The molecule has 1 aliphatic carbocycles. The van der Waals surface area contributed by atoms with E-state index in [1.54, 1.807) is 18.7 Å². The molecular weight excluding hydrogens is 248 g/mol. The van der Waals surface area contributed by atoms with Crippen molar-refractivity contribution in [1.82, 2.24) is 10.3 Å². The topological polar surface area (TPSA) is 62.0 Å². The molecule has 1 heterocycles. The van der Waals surface area contributed by atoms with Crippen LogP contribution in [0.25, 0.3) is 0 Å². The average molecular weight is 266 g/mol. The largest absolute Gasteiger partial charge is 0.364 e. The third-order valence-electron chi connectivity index (χ3n) is 3.57. The summed E-state index contributed by atoms with van der Waals surface area (Å²) >= 11 is 1.80. The zero-order chi connectivity index (χ0) is 13.2. The number of hydrogen-bond donors (Lipinski definition) is 2. The highest BCUT2D eigenvalue weighted by molar-refractivity contribution is 8.00. The molecule has 1 saturated carbocycles. The van der Waals surface area contributed by atoms with E-state index in [-0.39, 0.29) is 21.6 Å². The van der Waals surface area contributed by atoms with Crippen molar-refractivity contribution in [2.75, 3.05) is 12.8 Å². The van der Waals surface area contributed by atoms with Crippen molar-refractivity contribution in [3.63, 3.8) is 0 Å². The number of aryl methyl sites for hydroxylation is 1. The molecule has 0 bridgehead atoms. The number of carbonyl (C=O) groups excluding carboxylic acids is 1. The Hall–Kier alpha value is -1.23. The SMILES string of the molecule is CSC1(CNC(=O)c2c[nH]c(C)cc2=O)CCC1. The lowest BCUT2D eigenvalue weighted by molar-refractivity contribution is 0.0942. The quantitative estimate of drug-likeness (QED) is 0.872. The van der Waals surface area contributed by atoms with E-state index in [1.165, 1.54) is 18.7 Å². The van der Waals surface area contributed by atoms with E-state index in [0.717, 1.165) is 18.5 Å². The van der Waals surface area contributed by atoms with E-state index >= 15 is 0 Å². The molecule has 0 unspecified atom stereocenters. The molecule has 1 amide bonds. The monoisotopic (exact) mass is 266 g/mol. The third-order valence-corrected chi connectivity index (χ3v) is 4.99. The Labute approximate surface area is 111 Å². The Kier molecular flexibility index (Phi) is 3.80. The minimum atomic E-state index is -0.281. The highest BCUT2D eigenvalue weighted by Gasteiger charge is 2.36. The molecule has 1 aromatic rings. The molecule has 0 aliphatic heterocycles. The van der Waals surface area contributed by atoms with Crippen molar-refractivity contribution in [3.05, 3.63) is 33.7 Å². The maximum absolute atomic E-state index is 11.9. The molecular formula is C13H18N2O2S. The molecule has 2 N–H and O–H groups in total. The van der Waals surface area contributed by atoms with Crippen molar-refractivity contribution in [2.24, 2.45) is 0 Å². The zero-order valence-corrected chi connectivity index (χ0v) is 11.5. The summed E-state index contributed by atoms with van der Waals surface area (Å²) in [6.45, 7) is 2.43. The van der Waals surface area contributed by atoms with Crippen LogP contribution in [0.3, 0.4) is 0 Å². The smallest absolute Gasteiger partial charge is 0.256 e. The molecule has 0 aromatic carbocycles. The highest BCUT2D eigenvalue weighted by Crippen LogP contribution is 2.42. The maximum atomic E-state index is 11.9. The average Bonchev–Trinajstić information content (AvgIpc) is 2.27. The molecule has 0 atom stereocenters. The van der Waals surface area contributed by atoms with Gasteiger partial charge in [-0.2, -0.15) is 11.8 Å². The number of carbonyl (C=O) groups is 1. The Morgan fingerprint density at radius 2 is 2.28 bits per heavy atom. The van der Waals surface area contributed by atoms with Crippen LogP contribution in [0.15, 0.2) is 17.1 Å². The van der Waals surface area contributed by atoms with Gasteiger partial charge in [-0.1, -0.05) is 6.42 Å². The van der Waals surface area contributed by atoms with Crippen LogP contribution in [0.5, 0.6) is 0 Å². The van der Waals surface area contributed by atoms with Crippen molar-refractivity contribution in [2.45, 2.75) is 30.9 Å². The van der Waals surface area contributed by atoms with E-state index in [4.69, 9.17) is 0 Å². The molecule has 0 radical (unpaired) electrons. The van der Waals surface area contributed by atoms with E-state index in [9.17, 15) is 9.59 Å². The van der Waals surface area contributed by atoms with Crippen LogP contribution in [-0.2, 0) is 0 Å². The van der Waals surface area contributed by atoms with Gasteiger partial charge in [0, 0.05) is 29.2 Å². The van der Waals surface area contributed by atoms with Crippen LogP contribution in [0.4, 0.5) is 0 Å². The first-order valence-electron chi connectivity index (χ1n) is 6.09. The van der Waals surface area contributed by atoms with Crippen LogP contribution in [0, 0.1) is 6.92 Å². The number of thioether (sulfide) groups is 1. The molecule has 1 aliphatic rings. The van der Waals surface area contributed by atoms with Gasteiger partial charge in [0.05, 0.1) is 0 Å². The lowest BCUT2D eigenvalue weighted by Gasteiger charge is -2.40. The minimum Gasteiger partial charge on any atom is -0.364 e. The van der Waals surface area contributed by atoms with Crippen molar-refractivity contribution in [1.29, 1.82) is 0 Å². The van der Waals surface area contributed by atoms with Gasteiger partial charge in [0.15, 0.2) is 5.43 Å². The minimum absolute atomic E-state index is 0.188. The van der Waals surface area contributed by atoms with E-state index in [1.807, 2.05) is 0 Å². The Balaban J connectivity index is 2.02. The summed E-state index contributed by atoms with van der Waals surface area (Å²) in [6.07, 6.45) is 7.06. The van der Waals surface area contributed by atoms with Crippen molar-refractivity contribution >= 4 is 17.7 Å². The maximum Gasteiger partial charge on any atom is 0.256 e. The number of pyridine rings is 1. The van der Waals surface area contributed by atoms with Gasteiger partial charge in [-0.15, -0.1) is 0 Å². The first-order valence-corrected chi connectivity index (χ1v) is 7.31. The highest BCUT2D eigenvalue weighted by atomic mass is 32.2. The molecule has 1 fully saturated rings. The van der Waals surface area contributed by atoms with Crippen LogP contribution >= 0.6 is 11.8 Å². The van der Waals surface area contributed by atoms with E-state index in [0.29, 0.717) is 6.54 Å². The Bertz CT molecular complexity index is 500. The molecule has 4 nitrogen and oxygen atoms in total. The summed E-state index contributed by atoms with van der Waals surface area (Å²) in [4.78, 5) is 26.5. The first-order chi connectivity index (χ1) is 8.56. The second kappa shape index (κ2) is 5.18. The predicted molar refractivity (Wildman–Crippen MR) is 74.2 cm³/mol. The van der Waals surface area contributed by atoms with Crippen LogP contribution in [0.1, 0.15) is 35.3 Å². The van der Waals surface area contributed by atoms with Gasteiger partial charge >= 0.3 is 0 Å². The number of rotatable bonds is 4. The van der Waals surface area contributed by atoms with Gasteiger partial charge in [0.25, 0.3) is 5.91 Å². The predicted octanol–water partition coefficient (Wildman–Crippen LogP) is 1.70. The number of amides is 1. The summed E-state index contributed by atoms with van der Waals surface area (Å²) in [5, 5.41) is 2.87. The number of hydrogen-bond acceptors (Lipinski definition) is 3. The zero-order valence-electron chi connectivity index (χ0n) is 10.7. The summed E-state index contributed by atoms with van der Waals surface area (Å²) < 4.78 is 0.188. The molecule has 0 saturated heterocycles. The van der Waals surface area contributed by atoms with E-state index in [2.05, 4.69) is 16.6 Å². The van der Waals surface area contributed by atoms with Gasteiger partial charge in [0.1, 0.15) is 5.56 Å². The standard InChI is InChI=1S/C13H18N2O2S/c1-9-6-11(16)10(7-14-9)12(17)15-8-13(18-2)4-3-5-13/h6-7H,3-5,8H2,1-2H3,(H,14,16)(H,15,17). The lowest BCUT2D eigenvalue weighted by atomic mass is 9.84. The van der Waals surface area contributed by atoms with Gasteiger partial charge in [-0.05, 0) is 26.0 Å². The fourth-order valence-electron chi connectivity index (χ4n) is 2.11. The molecule has 1 aromatic heterocycles. The number of aromatic amines is 1. The normalized spacial score (nSPS) is 17.0. The van der Waals surface area contributed by atoms with Crippen LogP contribution in [0.2, 0.25) is 0 Å². The second-order valence-electron chi connectivity index (χ2n) is 4.82. The molecule has 2 rings (SSSR count). The summed E-state index contributed by atoms with van der Waals surface area (Å²) in [5.41, 5.74) is 0.725. The van der Waals surface area contributed by atoms with Gasteiger partial charge in [0.2, 0.25) is 0 Å². The van der Waals surface area contributed by atoms with Crippen molar-refractivity contribution in [3.8, 4) is 0 Å². The van der Waals surface area contributed by atoms with Gasteiger partial charge < -0.3 is 10.3 Å². The van der Waals surface area contributed by atoms with Crippen LogP contribution < -0.4 is 10.7 Å². The fraction of sp³-hybridized carbons (Fsp3) is 0.538. The number of nitrogens with one attached hydrogen (secondary N) is 2. The number of aromatic nitrogens is 1. The molecule has 5 heteroatoms. The van der Waals surface area contributed by atoms with E-state index < -0.39 is 0 Å². The Morgan fingerprint density at radius 3 is 2.78 bits per heavy atom. The molecule has 18 heavy (non-hydrogen) atoms. The number of H-pyrrole nitrogens is 1. The van der Waals surface area contributed by atoms with Crippen LogP contribution in [-0.4, -0.2) is 28.4 Å². The fourth-order valence-corrected chi connectivity index (χ4v) is 3.02. The molecule has 0 spiro atoms. The van der Waals surface area contributed by atoms with Gasteiger partial charge in [-0.25, -0.2) is 0 Å². The first kappa shape index (κ1) is 13.2. The van der Waals surface area contributed by atoms with Crippen molar-refractivity contribution < 1.29 is 4.79 Å². The third kappa shape index (κ3) is 2.61. The second-order valence-corrected chi connectivity index (χ2v) is 6.09. The summed E-state index contributed by atoms with van der Waals surface area (Å²) in [6, 6.07) is 1.45. The lowest BCUT2D eigenvalue weighted by Crippen LogP contribution is -2.45. The Morgan fingerprint density at radius 1 is 1.56 bits per heavy atom.